The molecule has 0 bridgehead atoms. The predicted octanol–water partition coefficient (Wildman–Crippen LogP) is 2.13. The Labute approximate surface area is 111 Å². The summed E-state index contributed by atoms with van der Waals surface area (Å²) in [6.45, 7) is 2.34. The van der Waals surface area contributed by atoms with Crippen molar-refractivity contribution in [1.29, 1.82) is 5.26 Å². The van der Waals surface area contributed by atoms with Crippen LogP contribution in [0.1, 0.15) is 16.7 Å². The van der Waals surface area contributed by atoms with E-state index >= 15 is 0 Å². The summed E-state index contributed by atoms with van der Waals surface area (Å²) in [5.41, 5.74) is 5.01. The molecule has 96 valence electrons. The van der Waals surface area contributed by atoms with Crippen molar-refractivity contribution in [2.45, 2.75) is 13.5 Å². The van der Waals surface area contributed by atoms with Crippen LogP contribution in [0.3, 0.4) is 0 Å². The number of nitrogen functional groups attached to an aromatic ring is 1. The number of hydrogen-bond acceptors (Lipinski definition) is 5. The second-order valence-electron chi connectivity index (χ2n) is 4.07. The molecule has 1 aromatic heterocycles. The number of nitriles is 1. The van der Waals surface area contributed by atoms with Crippen molar-refractivity contribution in [3.63, 3.8) is 0 Å². The average molecular weight is 254 g/mol. The highest BCUT2D eigenvalue weighted by Gasteiger charge is 2.03. The standard InChI is InChI=1S/C14H14N4O/c1-10-2-3-11(8-15)6-13(10)19-9-12-4-5-17-14(7-12)18-16/h2-7H,9,16H2,1H3,(H,17,18). The maximum absolute atomic E-state index is 8.87. The minimum Gasteiger partial charge on any atom is -0.489 e. The van der Waals surface area contributed by atoms with Gasteiger partial charge in [0.1, 0.15) is 18.2 Å². The molecule has 0 atom stereocenters. The van der Waals surface area contributed by atoms with E-state index in [-0.39, 0.29) is 0 Å². The summed E-state index contributed by atoms with van der Waals surface area (Å²) in [5.74, 6) is 6.59. The van der Waals surface area contributed by atoms with Gasteiger partial charge in [-0.15, -0.1) is 0 Å². The van der Waals surface area contributed by atoms with Gasteiger partial charge >= 0.3 is 0 Å². The van der Waals surface area contributed by atoms with Crippen molar-refractivity contribution in [1.82, 2.24) is 4.98 Å². The molecule has 5 nitrogen and oxygen atoms in total. The van der Waals surface area contributed by atoms with Gasteiger partial charge in [0, 0.05) is 6.20 Å². The van der Waals surface area contributed by atoms with Gasteiger partial charge in [0.05, 0.1) is 11.6 Å². The molecule has 0 aliphatic rings. The molecule has 19 heavy (non-hydrogen) atoms. The molecule has 1 heterocycles. The van der Waals surface area contributed by atoms with Gasteiger partial charge in [0.25, 0.3) is 0 Å². The Morgan fingerprint density at radius 3 is 2.95 bits per heavy atom. The van der Waals surface area contributed by atoms with E-state index in [1.54, 1.807) is 18.3 Å². The highest BCUT2D eigenvalue weighted by molar-refractivity contribution is 5.42. The van der Waals surface area contributed by atoms with E-state index in [1.165, 1.54) is 0 Å². The van der Waals surface area contributed by atoms with E-state index in [1.807, 2.05) is 25.1 Å². The minimum atomic E-state index is 0.396. The smallest absolute Gasteiger partial charge is 0.140 e. The number of anilines is 1. The van der Waals surface area contributed by atoms with E-state index in [2.05, 4.69) is 16.5 Å². The zero-order valence-corrected chi connectivity index (χ0v) is 10.6. The second-order valence-corrected chi connectivity index (χ2v) is 4.07. The number of hydrazine groups is 1. The van der Waals surface area contributed by atoms with Gasteiger partial charge in [-0.25, -0.2) is 10.8 Å². The Morgan fingerprint density at radius 2 is 2.21 bits per heavy atom. The largest absolute Gasteiger partial charge is 0.489 e. The zero-order chi connectivity index (χ0) is 13.7. The summed E-state index contributed by atoms with van der Waals surface area (Å²) in [6, 6.07) is 11.1. The Kier molecular flexibility index (Phi) is 3.96. The summed E-state index contributed by atoms with van der Waals surface area (Å²) in [6.07, 6.45) is 1.66. The van der Waals surface area contributed by atoms with Gasteiger partial charge in [-0.05, 0) is 42.3 Å². The number of hydrogen-bond donors (Lipinski definition) is 2. The van der Waals surface area contributed by atoms with Gasteiger partial charge in [-0.1, -0.05) is 6.07 Å². The first-order chi connectivity index (χ1) is 9.22. The lowest BCUT2D eigenvalue weighted by molar-refractivity contribution is 0.304. The molecule has 0 fully saturated rings. The molecule has 0 amide bonds. The average Bonchev–Trinajstić information content (AvgIpc) is 2.46. The highest BCUT2D eigenvalue weighted by Crippen LogP contribution is 2.20. The maximum atomic E-state index is 8.87. The summed E-state index contributed by atoms with van der Waals surface area (Å²) < 4.78 is 5.72. The fraction of sp³-hybridized carbons (Fsp3) is 0.143. The lowest BCUT2D eigenvalue weighted by atomic mass is 10.1. The van der Waals surface area contributed by atoms with Crippen molar-refractivity contribution >= 4 is 5.82 Å². The van der Waals surface area contributed by atoms with E-state index < -0.39 is 0 Å². The summed E-state index contributed by atoms with van der Waals surface area (Å²) in [5, 5.41) is 8.87. The third-order valence-corrected chi connectivity index (χ3v) is 2.68. The topological polar surface area (TPSA) is 84.0 Å². The molecule has 0 unspecified atom stereocenters. The number of aryl methyl sites for hydroxylation is 1. The molecular weight excluding hydrogens is 240 g/mol. The SMILES string of the molecule is Cc1ccc(C#N)cc1OCc1ccnc(NN)c1. The predicted molar refractivity (Wildman–Crippen MR) is 72.3 cm³/mol. The van der Waals surface area contributed by atoms with Crippen LogP contribution < -0.4 is 16.0 Å². The van der Waals surface area contributed by atoms with Gasteiger partial charge < -0.3 is 10.2 Å². The molecule has 0 aliphatic carbocycles. The summed E-state index contributed by atoms with van der Waals surface area (Å²) >= 11 is 0. The third kappa shape index (κ3) is 3.21. The van der Waals surface area contributed by atoms with Gasteiger partial charge in [-0.3, -0.25) is 0 Å². The van der Waals surface area contributed by atoms with Crippen molar-refractivity contribution in [3.8, 4) is 11.8 Å². The molecule has 0 saturated heterocycles. The van der Waals surface area contributed by atoms with Crippen molar-refractivity contribution in [2.24, 2.45) is 5.84 Å². The fourth-order valence-corrected chi connectivity index (χ4v) is 1.63. The molecule has 5 heteroatoms. The number of nitrogens with two attached hydrogens (primary N) is 1. The first kappa shape index (κ1) is 12.9. The third-order valence-electron chi connectivity index (χ3n) is 2.68. The Bertz CT molecular complexity index is 619. The molecule has 2 rings (SSSR count). The number of benzene rings is 1. The Hall–Kier alpha value is -2.58. The normalized spacial score (nSPS) is 9.74. The first-order valence-corrected chi connectivity index (χ1v) is 5.78. The molecular formula is C14H14N4O. The first-order valence-electron chi connectivity index (χ1n) is 5.78. The summed E-state index contributed by atoms with van der Waals surface area (Å²) in [7, 11) is 0. The molecule has 2 aromatic rings. The van der Waals surface area contributed by atoms with Gasteiger partial charge in [0.15, 0.2) is 0 Å². The van der Waals surface area contributed by atoms with Crippen LogP contribution in [0.5, 0.6) is 5.75 Å². The van der Waals surface area contributed by atoms with Crippen LogP contribution in [0.15, 0.2) is 36.5 Å². The highest BCUT2D eigenvalue weighted by atomic mass is 16.5. The van der Waals surface area contributed by atoms with Gasteiger partial charge in [0.2, 0.25) is 0 Å². The maximum Gasteiger partial charge on any atom is 0.140 e. The molecule has 1 aromatic carbocycles. The van der Waals surface area contributed by atoms with Crippen LogP contribution in [0.4, 0.5) is 5.82 Å². The van der Waals surface area contributed by atoms with Crippen molar-refractivity contribution < 1.29 is 4.74 Å². The molecule has 0 saturated carbocycles. The van der Waals surface area contributed by atoms with Crippen LogP contribution in [-0.4, -0.2) is 4.98 Å². The number of nitrogens with one attached hydrogen (secondary N) is 1. The quantitative estimate of drug-likeness (QED) is 0.645. The van der Waals surface area contributed by atoms with Crippen molar-refractivity contribution in [3.05, 3.63) is 53.2 Å². The van der Waals surface area contributed by atoms with Crippen LogP contribution in [-0.2, 0) is 6.61 Å². The van der Waals surface area contributed by atoms with Crippen LogP contribution in [0.2, 0.25) is 0 Å². The Morgan fingerprint density at radius 1 is 1.37 bits per heavy atom. The number of aromatic nitrogens is 1. The number of pyridine rings is 1. The lowest BCUT2D eigenvalue weighted by Gasteiger charge is -2.10. The molecule has 0 aliphatic heterocycles. The molecule has 3 N–H and O–H groups in total. The fourth-order valence-electron chi connectivity index (χ4n) is 1.63. The number of nitrogens with zero attached hydrogens (tertiary/aromatic N) is 2. The Balaban J connectivity index is 2.12. The summed E-state index contributed by atoms with van der Waals surface area (Å²) in [4.78, 5) is 4.02. The number of rotatable bonds is 4. The zero-order valence-electron chi connectivity index (χ0n) is 10.6. The van der Waals surface area contributed by atoms with Gasteiger partial charge in [-0.2, -0.15) is 5.26 Å². The van der Waals surface area contributed by atoms with E-state index in [4.69, 9.17) is 15.8 Å². The van der Waals surface area contributed by atoms with Crippen LogP contribution >= 0.6 is 0 Å². The second kappa shape index (κ2) is 5.85. The number of ether oxygens (including phenoxy) is 1. The molecule has 0 spiro atoms. The molecule has 0 radical (unpaired) electrons. The van der Waals surface area contributed by atoms with Crippen molar-refractivity contribution in [2.75, 3.05) is 5.43 Å². The minimum absolute atomic E-state index is 0.396. The van der Waals surface area contributed by atoms with Crippen LogP contribution in [0, 0.1) is 18.3 Å². The van der Waals surface area contributed by atoms with Crippen LogP contribution in [0.25, 0.3) is 0 Å². The monoisotopic (exact) mass is 254 g/mol. The van der Waals surface area contributed by atoms with E-state index in [0.717, 1.165) is 11.1 Å². The lowest BCUT2D eigenvalue weighted by Crippen LogP contribution is -2.09. The van der Waals surface area contributed by atoms with E-state index in [9.17, 15) is 0 Å². The van der Waals surface area contributed by atoms with E-state index in [0.29, 0.717) is 23.7 Å².